The lowest BCUT2D eigenvalue weighted by Crippen LogP contribution is -2.30. The Kier molecular flexibility index (Phi) is 5.83. The van der Waals surface area contributed by atoms with Crippen molar-refractivity contribution < 1.29 is 9.53 Å². The summed E-state index contributed by atoms with van der Waals surface area (Å²) in [6.45, 7) is 7.94. The third-order valence-corrected chi connectivity index (χ3v) is 3.39. The molecule has 1 amide bonds. The summed E-state index contributed by atoms with van der Waals surface area (Å²) in [5.41, 5.74) is 2.92. The van der Waals surface area contributed by atoms with E-state index in [4.69, 9.17) is 4.74 Å². The van der Waals surface area contributed by atoms with Gasteiger partial charge in [0.25, 0.3) is 0 Å². The molecule has 1 aromatic rings. The van der Waals surface area contributed by atoms with Gasteiger partial charge in [-0.2, -0.15) is 0 Å². The second-order valence-electron chi connectivity index (χ2n) is 4.75. The normalized spacial score (nSPS) is 13.7. The van der Waals surface area contributed by atoms with E-state index in [0.717, 1.165) is 16.9 Å². The van der Waals surface area contributed by atoms with Gasteiger partial charge in [-0.15, -0.1) is 0 Å². The SMILES string of the molecule is CCC(=O)Nc1cccc(NC(C)C(C)OC)c1C. The molecule has 2 atom stereocenters. The fourth-order valence-electron chi connectivity index (χ4n) is 1.73. The molecule has 1 aromatic carbocycles. The predicted molar refractivity (Wildman–Crippen MR) is 79.7 cm³/mol. The molecule has 0 radical (unpaired) electrons. The Morgan fingerprint density at radius 1 is 1.32 bits per heavy atom. The van der Waals surface area contributed by atoms with Crippen LogP contribution in [0.4, 0.5) is 11.4 Å². The van der Waals surface area contributed by atoms with Gasteiger partial charge in [-0.25, -0.2) is 0 Å². The standard InChI is InChI=1S/C15H24N2O2/c1-6-15(18)17-14-9-7-8-13(10(14)2)16-11(3)12(4)19-5/h7-9,11-12,16H,6H2,1-5H3,(H,17,18). The van der Waals surface area contributed by atoms with Crippen LogP contribution in [-0.2, 0) is 9.53 Å². The summed E-state index contributed by atoms with van der Waals surface area (Å²) >= 11 is 0. The lowest BCUT2D eigenvalue weighted by atomic mass is 10.1. The average molecular weight is 264 g/mol. The number of rotatable bonds is 6. The fourth-order valence-corrected chi connectivity index (χ4v) is 1.73. The van der Waals surface area contributed by atoms with Crippen LogP contribution < -0.4 is 10.6 Å². The first kappa shape index (κ1) is 15.5. The van der Waals surface area contributed by atoms with Crippen molar-refractivity contribution in [3.8, 4) is 0 Å². The highest BCUT2D eigenvalue weighted by Gasteiger charge is 2.13. The Labute approximate surface area is 115 Å². The molecule has 0 bridgehead atoms. The van der Waals surface area contributed by atoms with Crippen LogP contribution in [0.25, 0.3) is 0 Å². The lowest BCUT2D eigenvalue weighted by Gasteiger charge is -2.23. The van der Waals surface area contributed by atoms with Gasteiger partial charge >= 0.3 is 0 Å². The van der Waals surface area contributed by atoms with E-state index in [2.05, 4.69) is 17.6 Å². The molecule has 0 heterocycles. The lowest BCUT2D eigenvalue weighted by molar-refractivity contribution is -0.115. The minimum atomic E-state index is 0.0264. The number of anilines is 2. The highest BCUT2D eigenvalue weighted by Crippen LogP contribution is 2.24. The largest absolute Gasteiger partial charge is 0.380 e. The molecule has 19 heavy (non-hydrogen) atoms. The second-order valence-corrected chi connectivity index (χ2v) is 4.75. The summed E-state index contributed by atoms with van der Waals surface area (Å²) in [7, 11) is 1.70. The van der Waals surface area contributed by atoms with E-state index >= 15 is 0 Å². The maximum absolute atomic E-state index is 11.5. The van der Waals surface area contributed by atoms with Crippen LogP contribution in [0.2, 0.25) is 0 Å². The smallest absolute Gasteiger partial charge is 0.224 e. The summed E-state index contributed by atoms with van der Waals surface area (Å²) in [4.78, 5) is 11.5. The van der Waals surface area contributed by atoms with E-state index in [1.54, 1.807) is 7.11 Å². The summed E-state index contributed by atoms with van der Waals surface area (Å²) < 4.78 is 5.30. The summed E-state index contributed by atoms with van der Waals surface area (Å²) in [6.07, 6.45) is 0.599. The maximum atomic E-state index is 11.5. The van der Waals surface area contributed by atoms with Crippen molar-refractivity contribution in [3.05, 3.63) is 23.8 Å². The molecule has 4 heteroatoms. The quantitative estimate of drug-likeness (QED) is 0.829. The number of hydrogen-bond acceptors (Lipinski definition) is 3. The minimum Gasteiger partial charge on any atom is -0.380 e. The number of ether oxygens (including phenoxy) is 1. The van der Waals surface area contributed by atoms with Crippen LogP contribution in [0.5, 0.6) is 0 Å². The van der Waals surface area contributed by atoms with Gasteiger partial charge < -0.3 is 15.4 Å². The molecular weight excluding hydrogens is 240 g/mol. The van der Waals surface area contributed by atoms with Crippen molar-refractivity contribution >= 4 is 17.3 Å². The first-order valence-corrected chi connectivity index (χ1v) is 6.68. The molecule has 0 aliphatic carbocycles. The highest BCUT2D eigenvalue weighted by molar-refractivity contribution is 5.92. The maximum Gasteiger partial charge on any atom is 0.224 e. The number of amides is 1. The molecule has 2 unspecified atom stereocenters. The van der Waals surface area contributed by atoms with Crippen molar-refractivity contribution in [2.75, 3.05) is 17.7 Å². The van der Waals surface area contributed by atoms with Gasteiger partial charge in [0.05, 0.1) is 6.10 Å². The van der Waals surface area contributed by atoms with Gasteiger partial charge in [0.1, 0.15) is 0 Å². The molecule has 0 saturated heterocycles. The molecule has 0 aliphatic heterocycles. The van der Waals surface area contributed by atoms with Crippen molar-refractivity contribution in [3.63, 3.8) is 0 Å². The first-order valence-electron chi connectivity index (χ1n) is 6.68. The molecule has 4 nitrogen and oxygen atoms in total. The van der Waals surface area contributed by atoms with Crippen LogP contribution in [-0.4, -0.2) is 25.2 Å². The molecule has 106 valence electrons. The molecule has 2 N–H and O–H groups in total. The number of carbonyl (C=O) groups is 1. The second kappa shape index (κ2) is 7.14. The molecule has 0 aliphatic rings. The Bertz CT molecular complexity index is 432. The van der Waals surface area contributed by atoms with Gasteiger partial charge in [0.2, 0.25) is 5.91 Å². The van der Waals surface area contributed by atoms with Gasteiger partial charge in [-0.05, 0) is 38.5 Å². The summed E-state index contributed by atoms with van der Waals surface area (Å²) in [5, 5.41) is 6.32. The van der Waals surface area contributed by atoms with Gasteiger partial charge in [0.15, 0.2) is 0 Å². The summed E-state index contributed by atoms with van der Waals surface area (Å²) in [6, 6.07) is 6.06. The Morgan fingerprint density at radius 3 is 2.53 bits per heavy atom. The monoisotopic (exact) mass is 264 g/mol. The Morgan fingerprint density at radius 2 is 1.95 bits per heavy atom. The zero-order valence-corrected chi connectivity index (χ0v) is 12.4. The van der Waals surface area contributed by atoms with Crippen LogP contribution in [0.1, 0.15) is 32.8 Å². The predicted octanol–water partition coefficient (Wildman–Crippen LogP) is 3.18. The van der Waals surface area contributed by atoms with Crippen molar-refractivity contribution in [1.82, 2.24) is 0 Å². The molecule has 0 fully saturated rings. The van der Waals surface area contributed by atoms with E-state index < -0.39 is 0 Å². The number of carbonyl (C=O) groups excluding carboxylic acids is 1. The zero-order chi connectivity index (χ0) is 14.4. The van der Waals surface area contributed by atoms with Crippen molar-refractivity contribution in [2.24, 2.45) is 0 Å². The molecule has 0 aromatic heterocycles. The van der Waals surface area contributed by atoms with Gasteiger partial charge in [-0.1, -0.05) is 13.0 Å². The third-order valence-electron chi connectivity index (χ3n) is 3.39. The third kappa shape index (κ3) is 4.24. The topological polar surface area (TPSA) is 50.4 Å². The molecular formula is C15H24N2O2. The number of benzene rings is 1. The number of hydrogen-bond donors (Lipinski definition) is 2. The molecule has 0 spiro atoms. The Balaban J connectivity index is 2.85. The van der Waals surface area contributed by atoms with E-state index in [0.29, 0.717) is 6.42 Å². The van der Waals surface area contributed by atoms with E-state index in [-0.39, 0.29) is 18.1 Å². The van der Waals surface area contributed by atoms with Crippen LogP contribution in [0.3, 0.4) is 0 Å². The first-order chi connectivity index (χ1) is 8.99. The van der Waals surface area contributed by atoms with Crippen molar-refractivity contribution in [2.45, 2.75) is 46.3 Å². The van der Waals surface area contributed by atoms with E-state index in [1.807, 2.05) is 39.0 Å². The van der Waals surface area contributed by atoms with Crippen LogP contribution in [0.15, 0.2) is 18.2 Å². The van der Waals surface area contributed by atoms with E-state index in [9.17, 15) is 4.79 Å². The average Bonchev–Trinajstić information content (AvgIpc) is 2.41. The number of nitrogens with one attached hydrogen (secondary N) is 2. The minimum absolute atomic E-state index is 0.0264. The van der Waals surface area contributed by atoms with E-state index in [1.165, 1.54) is 0 Å². The highest BCUT2D eigenvalue weighted by atomic mass is 16.5. The van der Waals surface area contributed by atoms with Crippen LogP contribution >= 0.6 is 0 Å². The van der Waals surface area contributed by atoms with Crippen LogP contribution in [0, 0.1) is 6.92 Å². The zero-order valence-electron chi connectivity index (χ0n) is 12.4. The van der Waals surface area contributed by atoms with Gasteiger partial charge in [-0.3, -0.25) is 4.79 Å². The Hall–Kier alpha value is -1.55. The number of methoxy groups -OCH3 is 1. The molecule has 1 rings (SSSR count). The fraction of sp³-hybridized carbons (Fsp3) is 0.533. The molecule has 0 saturated carbocycles. The van der Waals surface area contributed by atoms with Gasteiger partial charge in [0, 0.05) is 30.9 Å². The summed E-state index contributed by atoms with van der Waals surface area (Å²) in [5.74, 6) is 0.0264. The van der Waals surface area contributed by atoms with Crippen molar-refractivity contribution in [1.29, 1.82) is 0 Å².